The molecule has 0 spiro atoms. The van der Waals surface area contributed by atoms with E-state index in [2.05, 4.69) is 5.32 Å². The van der Waals surface area contributed by atoms with Gasteiger partial charge in [-0.1, -0.05) is 6.07 Å². The molecule has 1 aromatic carbocycles. The van der Waals surface area contributed by atoms with E-state index in [4.69, 9.17) is 15.2 Å². The van der Waals surface area contributed by atoms with Crippen LogP contribution < -0.4 is 20.5 Å². The van der Waals surface area contributed by atoms with E-state index in [-0.39, 0.29) is 18.0 Å². The summed E-state index contributed by atoms with van der Waals surface area (Å²) in [5, 5.41) is 3.17. The zero-order valence-corrected chi connectivity index (χ0v) is 13.0. The minimum Gasteiger partial charge on any atom is -0.486 e. The van der Waals surface area contributed by atoms with Gasteiger partial charge in [-0.05, 0) is 49.8 Å². The first-order chi connectivity index (χ1) is 10.6. The van der Waals surface area contributed by atoms with Gasteiger partial charge in [0.2, 0.25) is 5.91 Å². The third-order valence-corrected chi connectivity index (χ3v) is 4.16. The van der Waals surface area contributed by atoms with Gasteiger partial charge in [-0.3, -0.25) is 4.79 Å². The Balaban J connectivity index is 1.70. The lowest BCUT2D eigenvalue weighted by Gasteiger charge is -2.23. The lowest BCUT2D eigenvalue weighted by Crippen LogP contribution is -2.31. The topological polar surface area (TPSA) is 73.6 Å². The molecular weight excluding hydrogens is 280 g/mol. The Hall–Kier alpha value is -1.75. The Kier molecular flexibility index (Phi) is 4.52. The molecule has 0 bridgehead atoms. The van der Waals surface area contributed by atoms with Crippen LogP contribution in [-0.2, 0) is 4.79 Å². The Morgan fingerprint density at radius 1 is 1.32 bits per heavy atom. The maximum atomic E-state index is 12.1. The van der Waals surface area contributed by atoms with Gasteiger partial charge < -0.3 is 20.5 Å². The summed E-state index contributed by atoms with van der Waals surface area (Å²) in [6, 6.07) is 6.09. The second-order valence-electron chi connectivity index (χ2n) is 6.30. The number of nitrogens with two attached hydrogens (primary N) is 1. The van der Waals surface area contributed by atoms with E-state index in [1.54, 1.807) is 0 Å². The molecule has 120 valence electrons. The van der Waals surface area contributed by atoms with Crippen LogP contribution in [0.1, 0.15) is 44.2 Å². The fourth-order valence-corrected chi connectivity index (χ4v) is 2.76. The summed E-state index contributed by atoms with van der Waals surface area (Å²) >= 11 is 0. The number of carbonyl (C=O) groups is 1. The van der Waals surface area contributed by atoms with Crippen molar-refractivity contribution in [2.75, 3.05) is 13.2 Å². The van der Waals surface area contributed by atoms with E-state index >= 15 is 0 Å². The third kappa shape index (κ3) is 3.71. The molecule has 1 saturated carbocycles. The van der Waals surface area contributed by atoms with Crippen molar-refractivity contribution in [1.29, 1.82) is 0 Å². The van der Waals surface area contributed by atoms with Crippen LogP contribution in [-0.4, -0.2) is 25.2 Å². The molecule has 1 aliphatic heterocycles. The van der Waals surface area contributed by atoms with E-state index in [0.29, 0.717) is 32.0 Å². The number of fused-ring (bicyclic) bond motifs is 1. The van der Waals surface area contributed by atoms with Crippen molar-refractivity contribution >= 4 is 5.91 Å². The molecule has 2 atom stereocenters. The van der Waals surface area contributed by atoms with Crippen molar-refractivity contribution in [2.45, 2.75) is 44.7 Å². The van der Waals surface area contributed by atoms with Crippen molar-refractivity contribution < 1.29 is 14.3 Å². The first-order valence-corrected chi connectivity index (χ1v) is 8.08. The number of carbonyl (C=O) groups excluding carboxylic acids is 1. The molecule has 0 radical (unpaired) electrons. The second-order valence-corrected chi connectivity index (χ2v) is 6.30. The van der Waals surface area contributed by atoms with Crippen molar-refractivity contribution in [2.24, 2.45) is 11.7 Å². The van der Waals surface area contributed by atoms with Gasteiger partial charge in [0.15, 0.2) is 11.5 Å². The molecule has 1 amide bonds. The largest absolute Gasteiger partial charge is 0.486 e. The Morgan fingerprint density at radius 3 is 2.73 bits per heavy atom. The summed E-state index contributed by atoms with van der Waals surface area (Å²) in [6.45, 7) is 3.09. The van der Waals surface area contributed by atoms with Gasteiger partial charge in [0.05, 0.1) is 6.04 Å². The minimum atomic E-state index is 0.0550. The highest BCUT2D eigenvalue weighted by molar-refractivity contribution is 5.76. The zero-order valence-electron chi connectivity index (χ0n) is 13.0. The molecule has 0 aromatic heterocycles. The van der Waals surface area contributed by atoms with Gasteiger partial charge in [-0.15, -0.1) is 0 Å². The summed E-state index contributed by atoms with van der Waals surface area (Å²) in [4.78, 5) is 12.1. The average molecular weight is 304 g/mol. The Labute approximate surface area is 131 Å². The van der Waals surface area contributed by atoms with Crippen molar-refractivity contribution in [3.8, 4) is 11.5 Å². The summed E-state index contributed by atoms with van der Waals surface area (Å²) < 4.78 is 11.2. The number of ether oxygens (including phenoxy) is 2. The van der Waals surface area contributed by atoms with Crippen LogP contribution in [0.15, 0.2) is 18.2 Å². The van der Waals surface area contributed by atoms with E-state index in [0.717, 1.165) is 29.9 Å². The van der Waals surface area contributed by atoms with Gasteiger partial charge >= 0.3 is 0 Å². The van der Waals surface area contributed by atoms with Crippen LogP contribution in [0.2, 0.25) is 0 Å². The summed E-state index contributed by atoms with van der Waals surface area (Å²) in [6.07, 6.45) is 3.51. The van der Waals surface area contributed by atoms with Crippen LogP contribution in [0.4, 0.5) is 0 Å². The molecule has 2 unspecified atom stereocenters. The molecule has 3 rings (SSSR count). The lowest BCUT2D eigenvalue weighted by molar-refractivity contribution is -0.122. The molecule has 5 nitrogen and oxygen atoms in total. The second kappa shape index (κ2) is 6.57. The highest BCUT2D eigenvalue weighted by atomic mass is 16.6. The predicted molar refractivity (Wildman–Crippen MR) is 83.9 cm³/mol. The SMILES string of the molecule is CC(N)CCC(=O)NC(c1ccc2c(c1)OCCO2)C1CC1. The number of amides is 1. The first kappa shape index (κ1) is 15.2. The molecule has 1 aromatic rings. The van der Waals surface area contributed by atoms with Crippen LogP contribution in [0, 0.1) is 5.92 Å². The minimum absolute atomic E-state index is 0.0550. The molecule has 22 heavy (non-hydrogen) atoms. The van der Waals surface area contributed by atoms with Crippen molar-refractivity contribution in [3.05, 3.63) is 23.8 Å². The van der Waals surface area contributed by atoms with Crippen LogP contribution >= 0.6 is 0 Å². The fraction of sp³-hybridized carbons (Fsp3) is 0.588. The van der Waals surface area contributed by atoms with Crippen molar-refractivity contribution in [3.63, 3.8) is 0 Å². The van der Waals surface area contributed by atoms with Gasteiger partial charge in [-0.25, -0.2) is 0 Å². The van der Waals surface area contributed by atoms with E-state index in [1.807, 2.05) is 25.1 Å². The number of hydrogen-bond donors (Lipinski definition) is 2. The molecule has 3 N–H and O–H groups in total. The normalized spacial score (nSPS) is 19.4. The van der Waals surface area contributed by atoms with Crippen LogP contribution in [0.25, 0.3) is 0 Å². The van der Waals surface area contributed by atoms with E-state index < -0.39 is 0 Å². The number of benzene rings is 1. The van der Waals surface area contributed by atoms with Gasteiger partial charge in [-0.2, -0.15) is 0 Å². The Bertz CT molecular complexity index is 541. The predicted octanol–water partition coefficient (Wildman–Crippen LogP) is 2.15. The van der Waals surface area contributed by atoms with E-state index in [9.17, 15) is 4.79 Å². The molecule has 0 saturated heterocycles. The number of rotatable bonds is 6. The lowest BCUT2D eigenvalue weighted by atomic mass is 10.0. The first-order valence-electron chi connectivity index (χ1n) is 8.08. The summed E-state index contributed by atoms with van der Waals surface area (Å²) in [5.74, 6) is 2.16. The summed E-state index contributed by atoms with van der Waals surface area (Å²) in [5.41, 5.74) is 6.82. The fourth-order valence-electron chi connectivity index (χ4n) is 2.76. The maximum Gasteiger partial charge on any atom is 0.220 e. The summed E-state index contributed by atoms with van der Waals surface area (Å²) in [7, 11) is 0. The molecule has 1 heterocycles. The number of hydrogen-bond acceptors (Lipinski definition) is 4. The van der Waals surface area contributed by atoms with Crippen LogP contribution in [0.5, 0.6) is 11.5 Å². The number of nitrogens with one attached hydrogen (secondary N) is 1. The van der Waals surface area contributed by atoms with Gasteiger partial charge in [0, 0.05) is 12.5 Å². The standard InChI is InChI=1S/C17H24N2O3/c1-11(18)2-7-16(20)19-17(12-3-4-12)13-5-6-14-15(10-13)22-9-8-21-14/h5-6,10-12,17H,2-4,7-9,18H2,1H3,(H,19,20). The zero-order chi connectivity index (χ0) is 15.5. The van der Waals surface area contributed by atoms with Gasteiger partial charge in [0.1, 0.15) is 13.2 Å². The molecule has 2 aliphatic rings. The maximum absolute atomic E-state index is 12.1. The van der Waals surface area contributed by atoms with Gasteiger partial charge in [0.25, 0.3) is 0 Å². The molecule has 1 aliphatic carbocycles. The van der Waals surface area contributed by atoms with Crippen molar-refractivity contribution in [1.82, 2.24) is 5.32 Å². The smallest absolute Gasteiger partial charge is 0.220 e. The third-order valence-electron chi connectivity index (χ3n) is 4.16. The molecule has 5 heteroatoms. The van der Waals surface area contributed by atoms with Crippen LogP contribution in [0.3, 0.4) is 0 Å². The Morgan fingerprint density at radius 2 is 2.05 bits per heavy atom. The highest BCUT2D eigenvalue weighted by Crippen LogP contribution is 2.43. The average Bonchev–Trinajstić information content (AvgIpc) is 3.35. The molecular formula is C17H24N2O3. The van der Waals surface area contributed by atoms with E-state index in [1.165, 1.54) is 0 Å². The highest BCUT2D eigenvalue weighted by Gasteiger charge is 2.34. The monoisotopic (exact) mass is 304 g/mol. The quantitative estimate of drug-likeness (QED) is 0.844. The molecule has 1 fully saturated rings.